The van der Waals surface area contributed by atoms with Crippen LogP contribution in [0.4, 0.5) is 0 Å². The quantitative estimate of drug-likeness (QED) is 0.536. The lowest BCUT2D eigenvalue weighted by Crippen LogP contribution is -2.00. The number of esters is 1. The minimum atomic E-state index is -0.408. The van der Waals surface area contributed by atoms with Crippen LogP contribution in [-0.2, 0) is 16.1 Å². The highest BCUT2D eigenvalue weighted by atomic mass is 16.5. The lowest BCUT2D eigenvalue weighted by Gasteiger charge is -2.02. The van der Waals surface area contributed by atoms with Crippen molar-refractivity contribution in [3.8, 4) is 0 Å². The molecule has 0 N–H and O–H groups in total. The summed E-state index contributed by atoms with van der Waals surface area (Å²) in [4.78, 5) is 10.8. The Morgan fingerprint density at radius 2 is 2.21 bits per heavy atom. The first-order chi connectivity index (χ1) is 6.76. The molecule has 0 aliphatic carbocycles. The number of carbonyl (C=O) groups is 1. The van der Waals surface area contributed by atoms with Gasteiger partial charge in [-0.3, -0.25) is 0 Å². The predicted octanol–water partition coefficient (Wildman–Crippen LogP) is 2.56. The van der Waals surface area contributed by atoms with E-state index in [4.69, 9.17) is 4.74 Å². The molecule has 1 rings (SSSR count). The van der Waals surface area contributed by atoms with Gasteiger partial charge in [0.15, 0.2) is 0 Å². The standard InChI is InChI=1S/C12H12O2/c1-3-10-6-5-7-11(8-10)9-14-12(13)4-2/h3-8H,1-2,9H2. The molecule has 0 bridgehead atoms. The van der Waals surface area contributed by atoms with Crippen LogP contribution in [0, 0.1) is 0 Å². The smallest absolute Gasteiger partial charge is 0.330 e. The molecule has 72 valence electrons. The molecule has 0 aliphatic rings. The zero-order chi connectivity index (χ0) is 10.4. The molecule has 0 saturated heterocycles. The molecule has 0 radical (unpaired) electrons. The van der Waals surface area contributed by atoms with Gasteiger partial charge in [0.2, 0.25) is 0 Å². The fourth-order valence-electron chi connectivity index (χ4n) is 1.02. The molecule has 1 aromatic carbocycles. The Bertz CT molecular complexity index is 353. The number of hydrogen-bond acceptors (Lipinski definition) is 2. The van der Waals surface area contributed by atoms with Crippen molar-refractivity contribution in [1.29, 1.82) is 0 Å². The van der Waals surface area contributed by atoms with E-state index < -0.39 is 5.97 Å². The van der Waals surface area contributed by atoms with Gasteiger partial charge in [-0.15, -0.1) is 0 Å². The first kappa shape index (κ1) is 10.3. The summed E-state index contributed by atoms with van der Waals surface area (Å²) in [5.74, 6) is -0.408. The van der Waals surface area contributed by atoms with Crippen LogP contribution in [0.1, 0.15) is 11.1 Å². The largest absolute Gasteiger partial charge is 0.458 e. The van der Waals surface area contributed by atoms with Crippen LogP contribution >= 0.6 is 0 Å². The molecule has 0 aliphatic heterocycles. The summed E-state index contributed by atoms with van der Waals surface area (Å²) < 4.78 is 4.89. The van der Waals surface area contributed by atoms with Crippen molar-refractivity contribution in [2.45, 2.75) is 6.61 Å². The van der Waals surface area contributed by atoms with E-state index in [1.807, 2.05) is 24.3 Å². The van der Waals surface area contributed by atoms with E-state index in [2.05, 4.69) is 13.2 Å². The van der Waals surface area contributed by atoms with Gasteiger partial charge in [-0.2, -0.15) is 0 Å². The summed E-state index contributed by atoms with van der Waals surface area (Å²) in [5.41, 5.74) is 1.95. The van der Waals surface area contributed by atoms with Crippen molar-refractivity contribution in [3.63, 3.8) is 0 Å². The molecule has 0 saturated carbocycles. The van der Waals surface area contributed by atoms with Crippen LogP contribution in [0.5, 0.6) is 0 Å². The maximum atomic E-state index is 10.8. The SMILES string of the molecule is C=CC(=O)OCc1cccc(C=C)c1. The molecule has 2 nitrogen and oxygen atoms in total. The van der Waals surface area contributed by atoms with Gasteiger partial charge < -0.3 is 4.74 Å². The van der Waals surface area contributed by atoms with Gasteiger partial charge in [0.05, 0.1) is 0 Å². The molecule has 0 unspecified atom stereocenters. The third kappa shape index (κ3) is 2.90. The highest BCUT2D eigenvalue weighted by Gasteiger charge is 1.97. The third-order valence-corrected chi connectivity index (χ3v) is 1.73. The summed E-state index contributed by atoms with van der Waals surface area (Å²) >= 11 is 0. The second-order valence-corrected chi connectivity index (χ2v) is 2.76. The zero-order valence-electron chi connectivity index (χ0n) is 7.90. The molecule has 1 aromatic rings. The Kier molecular flexibility index (Phi) is 3.68. The van der Waals surface area contributed by atoms with Gasteiger partial charge in [-0.05, 0) is 17.2 Å². The number of benzene rings is 1. The van der Waals surface area contributed by atoms with E-state index in [1.165, 1.54) is 0 Å². The van der Waals surface area contributed by atoms with Gasteiger partial charge in [0, 0.05) is 6.08 Å². The van der Waals surface area contributed by atoms with Crippen molar-refractivity contribution < 1.29 is 9.53 Å². The van der Waals surface area contributed by atoms with Crippen LogP contribution in [0.2, 0.25) is 0 Å². The zero-order valence-corrected chi connectivity index (χ0v) is 7.90. The van der Waals surface area contributed by atoms with E-state index >= 15 is 0 Å². The van der Waals surface area contributed by atoms with Crippen molar-refractivity contribution in [1.82, 2.24) is 0 Å². The lowest BCUT2D eigenvalue weighted by molar-refractivity contribution is -0.138. The summed E-state index contributed by atoms with van der Waals surface area (Å²) in [7, 11) is 0. The summed E-state index contributed by atoms with van der Waals surface area (Å²) in [6.07, 6.45) is 2.90. The summed E-state index contributed by atoms with van der Waals surface area (Å²) in [6, 6.07) is 7.65. The van der Waals surface area contributed by atoms with Gasteiger partial charge >= 0.3 is 5.97 Å². The third-order valence-electron chi connectivity index (χ3n) is 1.73. The predicted molar refractivity (Wildman–Crippen MR) is 56.5 cm³/mol. The second kappa shape index (κ2) is 5.02. The maximum absolute atomic E-state index is 10.8. The average molecular weight is 188 g/mol. The minimum Gasteiger partial charge on any atom is -0.458 e. The van der Waals surface area contributed by atoms with Gasteiger partial charge in [-0.25, -0.2) is 4.79 Å². The molecule has 0 amide bonds. The van der Waals surface area contributed by atoms with Crippen LogP contribution in [0.25, 0.3) is 6.08 Å². The number of carbonyl (C=O) groups excluding carboxylic acids is 1. The molecule has 14 heavy (non-hydrogen) atoms. The second-order valence-electron chi connectivity index (χ2n) is 2.76. The normalized spacial score (nSPS) is 9.14. The molecule has 2 heteroatoms. The Morgan fingerprint density at radius 1 is 1.43 bits per heavy atom. The number of rotatable bonds is 4. The monoisotopic (exact) mass is 188 g/mol. The Labute approximate surface area is 83.5 Å². The Morgan fingerprint density at radius 3 is 2.86 bits per heavy atom. The highest BCUT2D eigenvalue weighted by Crippen LogP contribution is 2.07. The van der Waals surface area contributed by atoms with E-state index in [-0.39, 0.29) is 6.61 Å². The minimum absolute atomic E-state index is 0.270. The molecule has 0 aromatic heterocycles. The molecule has 0 fully saturated rings. The number of ether oxygens (including phenoxy) is 1. The number of hydrogen-bond donors (Lipinski definition) is 0. The van der Waals surface area contributed by atoms with Crippen molar-refractivity contribution in [3.05, 3.63) is 54.6 Å². The maximum Gasteiger partial charge on any atom is 0.330 e. The van der Waals surface area contributed by atoms with Gasteiger partial charge in [-0.1, -0.05) is 37.4 Å². The molecular weight excluding hydrogens is 176 g/mol. The first-order valence-electron chi connectivity index (χ1n) is 4.27. The Balaban J connectivity index is 2.62. The Hall–Kier alpha value is -1.83. The first-order valence-corrected chi connectivity index (χ1v) is 4.27. The molecule has 0 spiro atoms. The fraction of sp³-hybridized carbons (Fsp3) is 0.0833. The van der Waals surface area contributed by atoms with Crippen LogP contribution in [0.15, 0.2) is 43.5 Å². The van der Waals surface area contributed by atoms with Crippen LogP contribution in [0.3, 0.4) is 0 Å². The summed E-state index contributed by atoms with van der Waals surface area (Å²) in [6.45, 7) is 7.25. The lowest BCUT2D eigenvalue weighted by atomic mass is 10.1. The molecular formula is C12H12O2. The van der Waals surface area contributed by atoms with Gasteiger partial charge in [0.1, 0.15) is 6.61 Å². The van der Waals surface area contributed by atoms with Gasteiger partial charge in [0.25, 0.3) is 0 Å². The van der Waals surface area contributed by atoms with E-state index in [1.54, 1.807) is 6.08 Å². The van der Waals surface area contributed by atoms with E-state index in [9.17, 15) is 4.79 Å². The average Bonchev–Trinajstić information content (AvgIpc) is 2.26. The van der Waals surface area contributed by atoms with E-state index in [0.717, 1.165) is 17.2 Å². The summed E-state index contributed by atoms with van der Waals surface area (Å²) in [5, 5.41) is 0. The molecule has 0 heterocycles. The van der Waals surface area contributed by atoms with E-state index in [0.29, 0.717) is 0 Å². The highest BCUT2D eigenvalue weighted by molar-refractivity contribution is 5.81. The van der Waals surface area contributed by atoms with Crippen LogP contribution in [-0.4, -0.2) is 5.97 Å². The van der Waals surface area contributed by atoms with Crippen molar-refractivity contribution in [2.75, 3.05) is 0 Å². The molecule has 0 atom stereocenters. The van der Waals surface area contributed by atoms with Crippen molar-refractivity contribution >= 4 is 12.0 Å². The van der Waals surface area contributed by atoms with Crippen molar-refractivity contribution in [2.24, 2.45) is 0 Å². The van der Waals surface area contributed by atoms with Crippen LogP contribution < -0.4 is 0 Å². The topological polar surface area (TPSA) is 26.3 Å². The fourth-order valence-corrected chi connectivity index (χ4v) is 1.02.